The Labute approximate surface area is 50.1 Å². The zero-order valence-electron chi connectivity index (χ0n) is 4.89. The second-order valence-electron chi connectivity index (χ2n) is 1.37. The number of hydrogen-bond acceptors (Lipinski definition) is 2. The third-order valence-corrected chi connectivity index (χ3v) is 0.722. The minimum absolute atomic E-state index is 0.505. The SMILES string of the molecule is [CH2]COCCCC#N. The van der Waals surface area contributed by atoms with Crippen molar-refractivity contribution >= 4 is 0 Å². The topological polar surface area (TPSA) is 33.0 Å². The molecule has 0 spiro atoms. The minimum Gasteiger partial charge on any atom is -0.381 e. The fourth-order valence-corrected chi connectivity index (χ4v) is 0.355. The van der Waals surface area contributed by atoms with Crippen LogP contribution < -0.4 is 0 Å². The van der Waals surface area contributed by atoms with Crippen molar-refractivity contribution in [1.82, 2.24) is 0 Å². The van der Waals surface area contributed by atoms with Gasteiger partial charge >= 0.3 is 0 Å². The Morgan fingerprint density at radius 2 is 2.38 bits per heavy atom. The van der Waals surface area contributed by atoms with Crippen LogP contribution >= 0.6 is 0 Å². The monoisotopic (exact) mass is 112 g/mol. The van der Waals surface area contributed by atoms with Crippen LogP contribution in [-0.4, -0.2) is 13.2 Å². The Morgan fingerprint density at radius 1 is 1.62 bits per heavy atom. The van der Waals surface area contributed by atoms with Gasteiger partial charge in [-0.1, -0.05) is 0 Å². The van der Waals surface area contributed by atoms with Gasteiger partial charge in [0.05, 0.1) is 6.07 Å². The number of unbranched alkanes of at least 4 members (excludes halogenated alkanes) is 1. The van der Waals surface area contributed by atoms with Crippen LogP contribution in [0.15, 0.2) is 0 Å². The van der Waals surface area contributed by atoms with Gasteiger partial charge in [0.15, 0.2) is 0 Å². The summed E-state index contributed by atoms with van der Waals surface area (Å²) in [6.07, 6.45) is 1.41. The lowest BCUT2D eigenvalue weighted by Crippen LogP contribution is -1.91. The molecular formula is C6H10NO. The summed E-state index contributed by atoms with van der Waals surface area (Å²) in [7, 11) is 0. The molecule has 0 aliphatic carbocycles. The van der Waals surface area contributed by atoms with E-state index in [2.05, 4.69) is 6.92 Å². The maximum atomic E-state index is 8.04. The Balaban J connectivity index is 2.65. The number of rotatable bonds is 4. The van der Waals surface area contributed by atoms with Crippen molar-refractivity contribution < 1.29 is 4.74 Å². The smallest absolute Gasteiger partial charge is 0.0622 e. The molecule has 1 radical (unpaired) electrons. The molecule has 0 bridgehead atoms. The molecule has 0 N–H and O–H groups in total. The Kier molecular flexibility index (Phi) is 6.01. The summed E-state index contributed by atoms with van der Waals surface area (Å²) in [5, 5.41) is 8.04. The minimum atomic E-state index is 0.505. The first-order valence-electron chi connectivity index (χ1n) is 2.65. The average Bonchev–Trinajstić information content (AvgIpc) is 1.81. The molecule has 2 heteroatoms. The number of hydrogen-bond donors (Lipinski definition) is 0. The molecule has 0 rings (SSSR count). The highest BCUT2D eigenvalue weighted by Crippen LogP contribution is 1.85. The predicted octanol–water partition coefficient (Wildman–Crippen LogP) is 1.14. The first-order valence-corrected chi connectivity index (χ1v) is 2.65. The molecule has 45 valence electrons. The van der Waals surface area contributed by atoms with E-state index in [9.17, 15) is 0 Å². The van der Waals surface area contributed by atoms with Crippen molar-refractivity contribution in [2.45, 2.75) is 12.8 Å². The predicted molar refractivity (Wildman–Crippen MR) is 31.0 cm³/mol. The molecule has 8 heavy (non-hydrogen) atoms. The highest BCUT2D eigenvalue weighted by atomic mass is 16.5. The molecule has 0 aromatic rings. The molecule has 2 nitrogen and oxygen atoms in total. The summed E-state index contributed by atoms with van der Waals surface area (Å²) in [6.45, 7) is 4.65. The van der Waals surface area contributed by atoms with E-state index in [1.54, 1.807) is 0 Å². The van der Waals surface area contributed by atoms with Gasteiger partial charge in [-0.15, -0.1) is 0 Å². The zero-order valence-corrected chi connectivity index (χ0v) is 4.89. The second kappa shape index (κ2) is 6.45. The van der Waals surface area contributed by atoms with E-state index in [1.807, 2.05) is 6.07 Å². The largest absolute Gasteiger partial charge is 0.381 e. The van der Waals surface area contributed by atoms with Gasteiger partial charge in [-0.05, 0) is 13.3 Å². The summed E-state index contributed by atoms with van der Waals surface area (Å²) in [5.74, 6) is 0. The zero-order chi connectivity index (χ0) is 6.24. The van der Waals surface area contributed by atoms with Crippen LogP contribution in [0.1, 0.15) is 12.8 Å². The molecule has 0 aromatic heterocycles. The molecule has 0 saturated carbocycles. The van der Waals surface area contributed by atoms with Gasteiger partial charge in [0.2, 0.25) is 0 Å². The quantitative estimate of drug-likeness (QED) is 0.511. The van der Waals surface area contributed by atoms with E-state index < -0.39 is 0 Å². The highest BCUT2D eigenvalue weighted by molar-refractivity contribution is 4.67. The first-order chi connectivity index (χ1) is 3.91. The van der Waals surface area contributed by atoms with Crippen molar-refractivity contribution in [2.24, 2.45) is 0 Å². The maximum absolute atomic E-state index is 8.04. The van der Waals surface area contributed by atoms with E-state index in [1.165, 1.54) is 0 Å². The van der Waals surface area contributed by atoms with Crippen molar-refractivity contribution in [3.05, 3.63) is 6.92 Å². The van der Waals surface area contributed by atoms with Crippen molar-refractivity contribution in [3.63, 3.8) is 0 Å². The van der Waals surface area contributed by atoms with Gasteiger partial charge < -0.3 is 4.74 Å². The molecule has 0 amide bonds. The van der Waals surface area contributed by atoms with Gasteiger partial charge in [0.25, 0.3) is 0 Å². The lowest BCUT2D eigenvalue weighted by atomic mass is 10.3. The Bertz CT molecular complexity index is 75.1. The molecule has 0 saturated heterocycles. The van der Waals surface area contributed by atoms with Crippen LogP contribution in [0.5, 0.6) is 0 Å². The summed E-state index contributed by atoms with van der Waals surface area (Å²) >= 11 is 0. The molecule has 0 fully saturated rings. The van der Waals surface area contributed by atoms with Gasteiger partial charge in [0, 0.05) is 19.6 Å². The number of nitriles is 1. The standard InChI is InChI=1S/C6H10NO/c1-2-8-6-4-3-5-7/h1-4,6H2. The van der Waals surface area contributed by atoms with E-state index in [0.29, 0.717) is 19.6 Å². The summed E-state index contributed by atoms with van der Waals surface area (Å²) < 4.78 is 4.87. The Hall–Kier alpha value is -0.550. The van der Waals surface area contributed by atoms with E-state index in [-0.39, 0.29) is 0 Å². The molecule has 0 aliphatic heterocycles. The van der Waals surface area contributed by atoms with E-state index >= 15 is 0 Å². The first kappa shape index (κ1) is 7.45. The lowest BCUT2D eigenvalue weighted by Gasteiger charge is -1.93. The summed E-state index contributed by atoms with van der Waals surface area (Å²) in [5.41, 5.74) is 0. The van der Waals surface area contributed by atoms with Crippen LogP contribution in [0, 0.1) is 18.3 Å². The van der Waals surface area contributed by atoms with Crippen molar-refractivity contribution in [1.29, 1.82) is 5.26 Å². The van der Waals surface area contributed by atoms with Gasteiger partial charge in [-0.3, -0.25) is 0 Å². The third-order valence-electron chi connectivity index (χ3n) is 0.722. The van der Waals surface area contributed by atoms with Gasteiger partial charge in [0.1, 0.15) is 0 Å². The third kappa shape index (κ3) is 5.45. The number of nitrogens with zero attached hydrogens (tertiary/aromatic N) is 1. The molecule has 0 unspecified atom stereocenters. The molecular weight excluding hydrogens is 102 g/mol. The van der Waals surface area contributed by atoms with Crippen LogP contribution in [-0.2, 0) is 4.74 Å². The van der Waals surface area contributed by atoms with Gasteiger partial charge in [-0.2, -0.15) is 5.26 Å². The molecule has 0 atom stereocenters. The van der Waals surface area contributed by atoms with Crippen LogP contribution in [0.25, 0.3) is 0 Å². The summed E-state index contributed by atoms with van der Waals surface area (Å²) in [4.78, 5) is 0. The Morgan fingerprint density at radius 3 is 2.88 bits per heavy atom. The second-order valence-corrected chi connectivity index (χ2v) is 1.37. The highest BCUT2D eigenvalue weighted by Gasteiger charge is 1.82. The number of ether oxygens (including phenoxy) is 1. The van der Waals surface area contributed by atoms with E-state index in [0.717, 1.165) is 6.42 Å². The van der Waals surface area contributed by atoms with Crippen LogP contribution in [0.4, 0.5) is 0 Å². The fourth-order valence-electron chi connectivity index (χ4n) is 0.355. The van der Waals surface area contributed by atoms with Crippen molar-refractivity contribution in [2.75, 3.05) is 13.2 Å². The normalized spacial score (nSPS) is 8.50. The summed E-state index contributed by atoms with van der Waals surface area (Å²) in [6, 6.07) is 2.03. The molecule has 0 aliphatic rings. The van der Waals surface area contributed by atoms with Crippen LogP contribution in [0.3, 0.4) is 0 Å². The molecule has 0 heterocycles. The lowest BCUT2D eigenvalue weighted by molar-refractivity contribution is 0.159. The fraction of sp³-hybridized carbons (Fsp3) is 0.667. The van der Waals surface area contributed by atoms with Crippen molar-refractivity contribution in [3.8, 4) is 6.07 Å². The average molecular weight is 112 g/mol. The molecule has 0 aromatic carbocycles. The maximum Gasteiger partial charge on any atom is 0.0622 e. The van der Waals surface area contributed by atoms with E-state index in [4.69, 9.17) is 10.00 Å². The van der Waals surface area contributed by atoms with Gasteiger partial charge in [-0.25, -0.2) is 0 Å². The van der Waals surface area contributed by atoms with Crippen LogP contribution in [0.2, 0.25) is 0 Å².